The Morgan fingerprint density at radius 1 is 1.53 bits per heavy atom. The molecule has 4 nitrogen and oxygen atoms in total. The lowest BCUT2D eigenvalue weighted by Gasteiger charge is -2.38. The van der Waals surface area contributed by atoms with Crippen molar-refractivity contribution in [2.24, 2.45) is 5.41 Å². The maximum absolute atomic E-state index is 12.4. The lowest BCUT2D eigenvalue weighted by molar-refractivity contribution is -0.127. The predicted molar refractivity (Wildman–Crippen MR) is 75.6 cm³/mol. The summed E-state index contributed by atoms with van der Waals surface area (Å²) < 4.78 is 0. The van der Waals surface area contributed by atoms with Crippen LogP contribution in [0.25, 0.3) is 0 Å². The van der Waals surface area contributed by atoms with Gasteiger partial charge in [-0.25, -0.2) is 0 Å². The molecule has 1 saturated heterocycles. The zero-order chi connectivity index (χ0) is 13.9. The van der Waals surface area contributed by atoms with Gasteiger partial charge in [0.2, 0.25) is 5.91 Å². The SMILES string of the molecule is C[C@@H](NC(=O)C1NCCCC1(C)C)c1ccccn1. The number of aromatic nitrogens is 1. The zero-order valence-corrected chi connectivity index (χ0v) is 11.9. The van der Waals surface area contributed by atoms with Crippen LogP contribution in [0.15, 0.2) is 24.4 Å². The minimum absolute atomic E-state index is 0.00612. The van der Waals surface area contributed by atoms with E-state index >= 15 is 0 Å². The molecule has 2 atom stereocenters. The normalized spacial score (nSPS) is 23.6. The van der Waals surface area contributed by atoms with Crippen LogP contribution in [-0.4, -0.2) is 23.5 Å². The smallest absolute Gasteiger partial charge is 0.238 e. The minimum atomic E-state index is -0.118. The lowest BCUT2D eigenvalue weighted by atomic mass is 9.77. The van der Waals surface area contributed by atoms with Crippen molar-refractivity contribution in [2.45, 2.75) is 45.7 Å². The van der Waals surface area contributed by atoms with Crippen molar-refractivity contribution in [3.63, 3.8) is 0 Å². The van der Waals surface area contributed by atoms with Crippen LogP contribution < -0.4 is 10.6 Å². The first-order chi connectivity index (χ1) is 9.00. The fourth-order valence-corrected chi connectivity index (χ4v) is 2.66. The Hall–Kier alpha value is -1.42. The van der Waals surface area contributed by atoms with Crippen molar-refractivity contribution in [3.05, 3.63) is 30.1 Å². The molecule has 1 fully saturated rings. The van der Waals surface area contributed by atoms with Gasteiger partial charge in [-0.2, -0.15) is 0 Å². The van der Waals surface area contributed by atoms with Crippen LogP contribution >= 0.6 is 0 Å². The summed E-state index contributed by atoms with van der Waals surface area (Å²) in [6, 6.07) is 5.57. The number of nitrogens with one attached hydrogen (secondary N) is 2. The van der Waals surface area contributed by atoms with E-state index in [1.165, 1.54) is 0 Å². The fraction of sp³-hybridized carbons (Fsp3) is 0.600. The van der Waals surface area contributed by atoms with Gasteiger partial charge in [0.15, 0.2) is 0 Å². The summed E-state index contributed by atoms with van der Waals surface area (Å²) in [7, 11) is 0. The third kappa shape index (κ3) is 3.32. The van der Waals surface area contributed by atoms with E-state index < -0.39 is 0 Å². The molecule has 4 heteroatoms. The summed E-state index contributed by atoms with van der Waals surface area (Å²) in [6.07, 6.45) is 3.96. The fourth-order valence-electron chi connectivity index (χ4n) is 2.66. The molecular formula is C15H23N3O. The largest absolute Gasteiger partial charge is 0.347 e. The molecule has 2 rings (SSSR count). The molecule has 104 valence electrons. The molecule has 0 spiro atoms. The molecule has 1 aliphatic heterocycles. The van der Waals surface area contributed by atoms with E-state index in [1.54, 1.807) is 6.20 Å². The maximum atomic E-state index is 12.4. The third-order valence-corrected chi connectivity index (χ3v) is 3.88. The lowest BCUT2D eigenvalue weighted by Crippen LogP contribution is -2.55. The molecule has 1 amide bonds. The molecule has 0 aliphatic carbocycles. The van der Waals surface area contributed by atoms with Gasteiger partial charge in [0.25, 0.3) is 0 Å². The molecule has 0 saturated carbocycles. The Morgan fingerprint density at radius 3 is 2.95 bits per heavy atom. The zero-order valence-electron chi connectivity index (χ0n) is 11.9. The van der Waals surface area contributed by atoms with Crippen LogP contribution in [-0.2, 0) is 4.79 Å². The monoisotopic (exact) mass is 261 g/mol. The second kappa shape index (κ2) is 5.70. The number of piperidine rings is 1. The van der Waals surface area contributed by atoms with Crippen LogP contribution in [0.2, 0.25) is 0 Å². The summed E-state index contributed by atoms with van der Waals surface area (Å²) in [5, 5.41) is 6.39. The topological polar surface area (TPSA) is 54.0 Å². The third-order valence-electron chi connectivity index (χ3n) is 3.88. The molecule has 0 bridgehead atoms. The highest BCUT2D eigenvalue weighted by molar-refractivity contribution is 5.83. The average molecular weight is 261 g/mol. The number of rotatable bonds is 3. The maximum Gasteiger partial charge on any atom is 0.238 e. The Morgan fingerprint density at radius 2 is 2.32 bits per heavy atom. The molecule has 1 unspecified atom stereocenters. The number of pyridine rings is 1. The van der Waals surface area contributed by atoms with E-state index in [0.717, 1.165) is 25.1 Å². The molecular weight excluding hydrogens is 238 g/mol. The average Bonchev–Trinajstić information content (AvgIpc) is 2.39. The number of hydrogen-bond donors (Lipinski definition) is 2. The molecule has 2 heterocycles. The summed E-state index contributed by atoms with van der Waals surface area (Å²) >= 11 is 0. The summed E-state index contributed by atoms with van der Waals surface area (Å²) in [5.74, 6) is 0.0721. The number of hydrogen-bond acceptors (Lipinski definition) is 3. The van der Waals surface area contributed by atoms with E-state index in [-0.39, 0.29) is 23.4 Å². The number of carbonyl (C=O) groups excluding carboxylic acids is 1. The van der Waals surface area contributed by atoms with Gasteiger partial charge in [0.1, 0.15) is 0 Å². The van der Waals surface area contributed by atoms with Crippen LogP contribution in [0.4, 0.5) is 0 Å². The predicted octanol–water partition coefficient (Wildman–Crippen LogP) is 2.04. The molecule has 0 aromatic carbocycles. The highest BCUT2D eigenvalue weighted by Crippen LogP contribution is 2.30. The quantitative estimate of drug-likeness (QED) is 0.875. The first kappa shape index (κ1) is 14.0. The molecule has 1 aromatic rings. The standard InChI is InChI=1S/C15H23N3O/c1-11(12-7-4-5-9-16-12)18-14(19)13-15(2,3)8-6-10-17-13/h4-5,7,9,11,13,17H,6,8,10H2,1-3H3,(H,18,19)/t11-,13?/m1/s1. The van der Waals surface area contributed by atoms with E-state index in [0.29, 0.717) is 0 Å². The second-order valence-electron chi connectivity index (χ2n) is 5.96. The highest BCUT2D eigenvalue weighted by atomic mass is 16.2. The molecule has 2 N–H and O–H groups in total. The van der Waals surface area contributed by atoms with Gasteiger partial charge in [-0.15, -0.1) is 0 Å². The van der Waals surface area contributed by atoms with Crippen molar-refractivity contribution < 1.29 is 4.79 Å². The molecule has 19 heavy (non-hydrogen) atoms. The van der Waals surface area contributed by atoms with Crippen LogP contribution in [0, 0.1) is 5.41 Å². The van der Waals surface area contributed by atoms with Crippen LogP contribution in [0.3, 0.4) is 0 Å². The van der Waals surface area contributed by atoms with E-state index in [1.807, 2.05) is 25.1 Å². The van der Waals surface area contributed by atoms with Crippen LogP contribution in [0.1, 0.15) is 45.3 Å². The van der Waals surface area contributed by atoms with Crippen molar-refractivity contribution in [1.82, 2.24) is 15.6 Å². The molecule has 1 aromatic heterocycles. The van der Waals surface area contributed by atoms with Gasteiger partial charge >= 0.3 is 0 Å². The van der Waals surface area contributed by atoms with E-state index in [4.69, 9.17) is 0 Å². The second-order valence-corrected chi connectivity index (χ2v) is 5.96. The molecule has 1 aliphatic rings. The number of amides is 1. The summed E-state index contributed by atoms with van der Waals surface area (Å²) in [5.41, 5.74) is 0.899. The number of carbonyl (C=O) groups is 1. The van der Waals surface area contributed by atoms with E-state index in [9.17, 15) is 4.79 Å². The van der Waals surface area contributed by atoms with Gasteiger partial charge in [0.05, 0.1) is 17.8 Å². The van der Waals surface area contributed by atoms with Gasteiger partial charge < -0.3 is 10.6 Å². The van der Waals surface area contributed by atoms with Gasteiger partial charge in [-0.1, -0.05) is 19.9 Å². The Balaban J connectivity index is 2.01. The van der Waals surface area contributed by atoms with Crippen molar-refractivity contribution in [3.8, 4) is 0 Å². The van der Waals surface area contributed by atoms with Gasteiger partial charge in [-0.05, 0) is 43.9 Å². The number of nitrogens with zero attached hydrogens (tertiary/aromatic N) is 1. The highest BCUT2D eigenvalue weighted by Gasteiger charge is 2.37. The Labute approximate surface area is 115 Å². The van der Waals surface area contributed by atoms with Gasteiger partial charge in [0, 0.05) is 6.20 Å². The van der Waals surface area contributed by atoms with Gasteiger partial charge in [-0.3, -0.25) is 9.78 Å². The van der Waals surface area contributed by atoms with Crippen molar-refractivity contribution >= 4 is 5.91 Å². The first-order valence-electron chi connectivity index (χ1n) is 6.95. The van der Waals surface area contributed by atoms with Crippen molar-refractivity contribution in [1.29, 1.82) is 0 Å². The first-order valence-corrected chi connectivity index (χ1v) is 6.95. The van der Waals surface area contributed by atoms with E-state index in [2.05, 4.69) is 29.5 Å². The molecule has 0 radical (unpaired) electrons. The Bertz CT molecular complexity index is 430. The van der Waals surface area contributed by atoms with Crippen LogP contribution in [0.5, 0.6) is 0 Å². The summed E-state index contributed by atoms with van der Waals surface area (Å²) in [6.45, 7) is 7.18. The Kier molecular flexibility index (Phi) is 4.20. The summed E-state index contributed by atoms with van der Waals surface area (Å²) in [4.78, 5) is 16.7. The minimum Gasteiger partial charge on any atom is -0.347 e. The van der Waals surface area contributed by atoms with Crippen molar-refractivity contribution in [2.75, 3.05) is 6.54 Å².